The molecule has 1 nitrogen and oxygen atoms in total. The highest BCUT2D eigenvalue weighted by molar-refractivity contribution is 5.23. The second-order valence-corrected chi connectivity index (χ2v) is 2.92. The molecule has 0 aromatic heterocycles. The van der Waals surface area contributed by atoms with Gasteiger partial charge in [0.15, 0.2) is 11.6 Å². The molecule has 0 heterocycles. The lowest BCUT2D eigenvalue weighted by Crippen LogP contribution is -2.12. The Balaban J connectivity index is 3.12. The Morgan fingerprint density at radius 2 is 2.00 bits per heavy atom. The van der Waals surface area contributed by atoms with Crippen LogP contribution in [-0.4, -0.2) is 0 Å². The first-order chi connectivity index (χ1) is 6.56. The average molecular weight is 201 g/mol. The van der Waals surface area contributed by atoms with Gasteiger partial charge in [-0.05, 0) is 12.5 Å². The zero-order valence-corrected chi connectivity index (χ0v) is 7.43. The number of nitrogens with two attached hydrogens (primary N) is 1. The van der Waals surface area contributed by atoms with Crippen LogP contribution in [-0.2, 0) is 0 Å². The van der Waals surface area contributed by atoms with Crippen LogP contribution in [0.1, 0.15) is 18.0 Å². The SMILES string of the molecule is C=CC[C@H](N)c1cc(F)cc(F)c1F. The van der Waals surface area contributed by atoms with E-state index in [1.807, 2.05) is 0 Å². The third-order valence-corrected chi connectivity index (χ3v) is 1.84. The van der Waals surface area contributed by atoms with E-state index in [0.29, 0.717) is 6.07 Å². The van der Waals surface area contributed by atoms with E-state index in [0.717, 1.165) is 6.07 Å². The molecule has 14 heavy (non-hydrogen) atoms. The zero-order chi connectivity index (χ0) is 10.7. The summed E-state index contributed by atoms with van der Waals surface area (Å²) in [5.41, 5.74) is 5.34. The van der Waals surface area contributed by atoms with Crippen LogP contribution in [0.5, 0.6) is 0 Å². The van der Waals surface area contributed by atoms with Gasteiger partial charge in [-0.15, -0.1) is 6.58 Å². The van der Waals surface area contributed by atoms with Crippen LogP contribution in [0.15, 0.2) is 24.8 Å². The van der Waals surface area contributed by atoms with E-state index in [-0.39, 0.29) is 12.0 Å². The van der Waals surface area contributed by atoms with Crippen molar-refractivity contribution in [1.82, 2.24) is 0 Å². The Hall–Kier alpha value is -1.29. The van der Waals surface area contributed by atoms with Gasteiger partial charge in [-0.1, -0.05) is 6.08 Å². The Labute approximate surface area is 80.0 Å². The summed E-state index contributed by atoms with van der Waals surface area (Å²) < 4.78 is 38.6. The van der Waals surface area contributed by atoms with E-state index in [4.69, 9.17) is 5.73 Å². The fourth-order valence-electron chi connectivity index (χ4n) is 1.15. The van der Waals surface area contributed by atoms with Gasteiger partial charge in [0.05, 0.1) is 0 Å². The maximum absolute atomic E-state index is 13.1. The van der Waals surface area contributed by atoms with Crippen molar-refractivity contribution in [1.29, 1.82) is 0 Å². The van der Waals surface area contributed by atoms with E-state index in [2.05, 4.69) is 6.58 Å². The minimum atomic E-state index is -1.22. The first kappa shape index (κ1) is 10.8. The van der Waals surface area contributed by atoms with Gasteiger partial charge in [-0.2, -0.15) is 0 Å². The van der Waals surface area contributed by atoms with Crippen molar-refractivity contribution in [2.45, 2.75) is 12.5 Å². The molecule has 0 bridgehead atoms. The maximum Gasteiger partial charge on any atom is 0.163 e. The Kier molecular flexibility index (Phi) is 3.30. The monoisotopic (exact) mass is 201 g/mol. The van der Waals surface area contributed by atoms with E-state index in [9.17, 15) is 13.2 Å². The van der Waals surface area contributed by atoms with Gasteiger partial charge < -0.3 is 5.73 Å². The molecule has 76 valence electrons. The van der Waals surface area contributed by atoms with Crippen molar-refractivity contribution < 1.29 is 13.2 Å². The van der Waals surface area contributed by atoms with Gasteiger partial charge in [-0.25, -0.2) is 13.2 Å². The summed E-state index contributed by atoms with van der Waals surface area (Å²) in [5, 5.41) is 0. The first-order valence-corrected chi connectivity index (χ1v) is 4.07. The number of benzene rings is 1. The van der Waals surface area contributed by atoms with Gasteiger partial charge in [0, 0.05) is 17.7 Å². The molecule has 0 saturated heterocycles. The smallest absolute Gasteiger partial charge is 0.163 e. The van der Waals surface area contributed by atoms with Crippen LogP contribution in [0.2, 0.25) is 0 Å². The normalized spacial score (nSPS) is 12.6. The number of hydrogen-bond acceptors (Lipinski definition) is 1. The Morgan fingerprint density at radius 1 is 1.36 bits per heavy atom. The summed E-state index contributed by atoms with van der Waals surface area (Å²) in [6.45, 7) is 3.41. The predicted octanol–water partition coefficient (Wildman–Crippen LogP) is 2.68. The van der Waals surface area contributed by atoms with E-state index < -0.39 is 23.5 Å². The van der Waals surface area contributed by atoms with Crippen molar-refractivity contribution >= 4 is 0 Å². The lowest BCUT2D eigenvalue weighted by atomic mass is 10.0. The van der Waals surface area contributed by atoms with Crippen molar-refractivity contribution in [3.8, 4) is 0 Å². The minimum absolute atomic E-state index is 0.164. The second-order valence-electron chi connectivity index (χ2n) is 2.92. The molecule has 1 aromatic carbocycles. The molecular weight excluding hydrogens is 191 g/mol. The van der Waals surface area contributed by atoms with E-state index in [1.54, 1.807) is 0 Å². The molecule has 1 rings (SSSR count). The van der Waals surface area contributed by atoms with Gasteiger partial charge in [-0.3, -0.25) is 0 Å². The third kappa shape index (κ3) is 2.14. The molecule has 0 unspecified atom stereocenters. The largest absolute Gasteiger partial charge is 0.324 e. The predicted molar refractivity (Wildman–Crippen MR) is 48.1 cm³/mol. The lowest BCUT2D eigenvalue weighted by molar-refractivity contribution is 0.475. The van der Waals surface area contributed by atoms with Crippen LogP contribution in [0.25, 0.3) is 0 Å². The van der Waals surface area contributed by atoms with Crippen LogP contribution >= 0.6 is 0 Å². The summed E-state index contributed by atoms with van der Waals surface area (Å²) in [7, 11) is 0. The molecule has 2 N–H and O–H groups in total. The first-order valence-electron chi connectivity index (χ1n) is 4.07. The molecule has 1 atom stereocenters. The lowest BCUT2D eigenvalue weighted by Gasteiger charge is -2.10. The highest BCUT2D eigenvalue weighted by Gasteiger charge is 2.15. The number of hydrogen-bond donors (Lipinski definition) is 1. The van der Waals surface area contributed by atoms with Gasteiger partial charge in [0.2, 0.25) is 0 Å². The van der Waals surface area contributed by atoms with E-state index >= 15 is 0 Å². The highest BCUT2D eigenvalue weighted by atomic mass is 19.2. The molecule has 0 aliphatic rings. The summed E-state index contributed by atoms with van der Waals surface area (Å²) >= 11 is 0. The number of halogens is 3. The summed E-state index contributed by atoms with van der Waals surface area (Å²) in [6, 6.07) is 0.615. The quantitative estimate of drug-likeness (QED) is 0.590. The second kappa shape index (κ2) is 4.28. The van der Waals surface area contributed by atoms with Crippen molar-refractivity contribution in [2.24, 2.45) is 5.73 Å². The van der Waals surface area contributed by atoms with Gasteiger partial charge >= 0.3 is 0 Å². The third-order valence-electron chi connectivity index (χ3n) is 1.84. The Morgan fingerprint density at radius 3 is 2.57 bits per heavy atom. The molecule has 1 aromatic rings. The molecule has 0 aliphatic heterocycles. The van der Waals surface area contributed by atoms with Crippen LogP contribution in [0, 0.1) is 17.5 Å². The average Bonchev–Trinajstić information content (AvgIpc) is 2.11. The van der Waals surface area contributed by atoms with Crippen molar-refractivity contribution in [2.75, 3.05) is 0 Å². The summed E-state index contributed by atoms with van der Waals surface area (Å²) in [6.07, 6.45) is 1.73. The minimum Gasteiger partial charge on any atom is -0.324 e. The van der Waals surface area contributed by atoms with Crippen molar-refractivity contribution in [3.63, 3.8) is 0 Å². The van der Waals surface area contributed by atoms with Crippen molar-refractivity contribution in [3.05, 3.63) is 47.8 Å². The zero-order valence-electron chi connectivity index (χ0n) is 7.43. The fraction of sp³-hybridized carbons (Fsp3) is 0.200. The molecular formula is C10H10F3N. The summed E-state index contributed by atoms with van der Waals surface area (Å²) in [4.78, 5) is 0. The number of rotatable bonds is 3. The molecule has 0 amide bonds. The molecule has 0 radical (unpaired) electrons. The fourth-order valence-corrected chi connectivity index (χ4v) is 1.15. The molecule has 0 saturated carbocycles. The molecule has 0 fully saturated rings. The molecule has 0 spiro atoms. The van der Waals surface area contributed by atoms with Crippen LogP contribution in [0.3, 0.4) is 0 Å². The van der Waals surface area contributed by atoms with Crippen LogP contribution in [0.4, 0.5) is 13.2 Å². The highest BCUT2D eigenvalue weighted by Crippen LogP contribution is 2.21. The maximum atomic E-state index is 13.1. The van der Waals surface area contributed by atoms with E-state index in [1.165, 1.54) is 6.08 Å². The standard InChI is InChI=1S/C10H10F3N/c1-2-3-9(14)7-4-6(11)5-8(12)10(7)13/h2,4-5,9H,1,3,14H2/t9-/m0/s1. The van der Waals surface area contributed by atoms with Gasteiger partial charge in [0.1, 0.15) is 5.82 Å². The molecule has 4 heteroatoms. The molecule has 0 aliphatic carbocycles. The Bertz CT molecular complexity index is 349. The van der Waals surface area contributed by atoms with Crippen LogP contribution < -0.4 is 5.73 Å². The van der Waals surface area contributed by atoms with Gasteiger partial charge in [0.25, 0.3) is 0 Å². The summed E-state index contributed by atoms with van der Waals surface area (Å²) in [5.74, 6) is -3.15. The topological polar surface area (TPSA) is 26.0 Å².